The number of hydrogen-bond acceptors (Lipinski definition) is 1. The van der Waals surface area contributed by atoms with E-state index >= 15 is 0 Å². The molecule has 0 aliphatic carbocycles. The van der Waals surface area contributed by atoms with E-state index in [0.717, 1.165) is 33.9 Å². The van der Waals surface area contributed by atoms with E-state index in [2.05, 4.69) is 264 Å². The van der Waals surface area contributed by atoms with Crippen LogP contribution in [-0.2, 0) is 0 Å². The lowest BCUT2D eigenvalue weighted by atomic mass is 9.88. The van der Waals surface area contributed by atoms with E-state index in [1.54, 1.807) is 0 Å². The second-order valence-electron chi connectivity index (χ2n) is 15.7. The summed E-state index contributed by atoms with van der Waals surface area (Å²) < 4.78 is 2.39. The first-order valence-corrected chi connectivity index (χ1v) is 21.3. The lowest BCUT2D eigenvalue weighted by molar-refractivity contribution is 1.18. The Morgan fingerprint density at radius 2 is 0.710 bits per heavy atom. The van der Waals surface area contributed by atoms with Gasteiger partial charge < -0.3 is 9.47 Å². The number of rotatable bonds is 9. The van der Waals surface area contributed by atoms with Gasteiger partial charge in [0.05, 0.1) is 16.7 Å². The molecule has 292 valence electrons. The predicted octanol–water partition coefficient (Wildman–Crippen LogP) is 16.6. The summed E-state index contributed by atoms with van der Waals surface area (Å²) in [5, 5.41) is 2.52. The summed E-state index contributed by atoms with van der Waals surface area (Å²) >= 11 is 0. The third kappa shape index (κ3) is 6.74. The molecule has 0 N–H and O–H groups in total. The third-order valence-corrected chi connectivity index (χ3v) is 12.0. The van der Waals surface area contributed by atoms with Crippen molar-refractivity contribution < 1.29 is 0 Å². The maximum Gasteiger partial charge on any atom is 0.0541 e. The average Bonchev–Trinajstić information content (AvgIpc) is 3.70. The molecule has 0 spiro atoms. The van der Waals surface area contributed by atoms with Gasteiger partial charge in [0.2, 0.25) is 0 Å². The highest BCUT2D eigenvalue weighted by Crippen LogP contribution is 2.46. The van der Waals surface area contributed by atoms with E-state index in [9.17, 15) is 0 Å². The van der Waals surface area contributed by atoms with Crippen LogP contribution in [0.25, 0.3) is 83.1 Å². The quantitative estimate of drug-likeness (QED) is 0.141. The summed E-state index contributed by atoms with van der Waals surface area (Å²) in [6.07, 6.45) is 0. The van der Waals surface area contributed by atoms with Gasteiger partial charge in [-0.05, 0) is 105 Å². The Bertz CT molecular complexity index is 3290. The molecule has 0 atom stereocenters. The van der Waals surface area contributed by atoms with Crippen molar-refractivity contribution in [1.82, 2.24) is 4.57 Å². The van der Waals surface area contributed by atoms with Gasteiger partial charge in [-0.25, -0.2) is 0 Å². The van der Waals surface area contributed by atoms with Gasteiger partial charge >= 0.3 is 0 Å². The van der Waals surface area contributed by atoms with Crippen molar-refractivity contribution in [3.63, 3.8) is 0 Å². The van der Waals surface area contributed by atoms with Crippen LogP contribution in [0, 0.1) is 0 Å². The van der Waals surface area contributed by atoms with E-state index in [0.29, 0.717) is 0 Å². The molecule has 0 amide bonds. The van der Waals surface area contributed by atoms with Gasteiger partial charge in [0, 0.05) is 33.4 Å². The van der Waals surface area contributed by atoms with Crippen LogP contribution >= 0.6 is 0 Å². The maximum atomic E-state index is 2.42. The van der Waals surface area contributed by atoms with Crippen molar-refractivity contribution in [1.29, 1.82) is 0 Å². The molecule has 0 radical (unpaired) electrons. The third-order valence-electron chi connectivity index (χ3n) is 12.0. The van der Waals surface area contributed by atoms with Gasteiger partial charge in [-0.15, -0.1) is 0 Å². The van der Waals surface area contributed by atoms with Crippen LogP contribution in [0.4, 0.5) is 17.1 Å². The van der Waals surface area contributed by atoms with E-state index < -0.39 is 0 Å². The Morgan fingerprint density at radius 1 is 0.258 bits per heavy atom. The van der Waals surface area contributed by atoms with E-state index in [4.69, 9.17) is 0 Å². The Balaban J connectivity index is 1.04. The van der Waals surface area contributed by atoms with Gasteiger partial charge in [-0.3, -0.25) is 0 Å². The molecule has 0 unspecified atom stereocenters. The minimum atomic E-state index is 1.08. The minimum Gasteiger partial charge on any atom is -0.310 e. The molecule has 1 aromatic heterocycles. The van der Waals surface area contributed by atoms with Gasteiger partial charge in [-0.1, -0.05) is 200 Å². The van der Waals surface area contributed by atoms with Gasteiger partial charge in [0.25, 0.3) is 0 Å². The predicted molar refractivity (Wildman–Crippen MR) is 263 cm³/mol. The highest BCUT2D eigenvalue weighted by atomic mass is 15.1. The number of fused-ring (bicyclic) bond motifs is 3. The molecule has 62 heavy (non-hydrogen) atoms. The first-order chi connectivity index (χ1) is 30.8. The molecule has 11 rings (SSSR count). The molecular weight excluding hydrogens is 749 g/mol. The van der Waals surface area contributed by atoms with Crippen molar-refractivity contribution >= 4 is 38.9 Å². The molecule has 0 fully saturated rings. The normalized spacial score (nSPS) is 11.2. The fourth-order valence-electron chi connectivity index (χ4n) is 9.15. The van der Waals surface area contributed by atoms with Gasteiger partial charge in [0.15, 0.2) is 0 Å². The average molecular weight is 791 g/mol. The van der Waals surface area contributed by atoms with Crippen molar-refractivity contribution in [3.8, 4) is 61.3 Å². The van der Waals surface area contributed by atoms with Crippen LogP contribution in [-0.4, -0.2) is 4.57 Å². The minimum absolute atomic E-state index is 1.08. The van der Waals surface area contributed by atoms with Crippen LogP contribution in [0.5, 0.6) is 0 Å². The lowest BCUT2D eigenvalue weighted by Gasteiger charge is -2.29. The number of nitrogens with zero attached hydrogens (tertiary/aromatic N) is 2. The molecule has 10 aromatic carbocycles. The maximum absolute atomic E-state index is 2.42. The monoisotopic (exact) mass is 790 g/mol. The fraction of sp³-hybridized carbons (Fsp3) is 0. The van der Waals surface area contributed by atoms with Crippen molar-refractivity contribution in [2.45, 2.75) is 0 Å². The molecule has 2 nitrogen and oxygen atoms in total. The number of aromatic nitrogens is 1. The molecule has 1 heterocycles. The van der Waals surface area contributed by atoms with Gasteiger partial charge in [0.1, 0.15) is 0 Å². The largest absolute Gasteiger partial charge is 0.310 e. The Kier molecular flexibility index (Phi) is 9.57. The Hall–Kier alpha value is -8.20. The summed E-state index contributed by atoms with van der Waals surface area (Å²) in [5.74, 6) is 0. The van der Waals surface area contributed by atoms with Crippen LogP contribution in [0.3, 0.4) is 0 Å². The summed E-state index contributed by atoms with van der Waals surface area (Å²) in [6, 6.07) is 92.0. The molecule has 2 heteroatoms. The summed E-state index contributed by atoms with van der Waals surface area (Å²) in [4.78, 5) is 2.42. The fourth-order valence-corrected chi connectivity index (χ4v) is 9.15. The number of benzene rings is 10. The number of anilines is 3. The summed E-state index contributed by atoms with van der Waals surface area (Å²) in [6.45, 7) is 0. The van der Waals surface area contributed by atoms with E-state index in [-0.39, 0.29) is 0 Å². The number of hydrogen-bond donors (Lipinski definition) is 0. The Morgan fingerprint density at radius 3 is 1.37 bits per heavy atom. The molecular formula is C60H42N2. The lowest BCUT2D eigenvalue weighted by Crippen LogP contribution is -2.11. The molecule has 0 aliphatic rings. The van der Waals surface area contributed by atoms with Crippen molar-refractivity contribution in [2.75, 3.05) is 4.90 Å². The smallest absolute Gasteiger partial charge is 0.0541 e. The van der Waals surface area contributed by atoms with Crippen molar-refractivity contribution in [2.24, 2.45) is 0 Å². The molecule has 0 aliphatic heterocycles. The van der Waals surface area contributed by atoms with Crippen LogP contribution in [0.15, 0.2) is 255 Å². The zero-order valence-corrected chi connectivity index (χ0v) is 34.1. The second-order valence-corrected chi connectivity index (χ2v) is 15.7. The highest BCUT2D eigenvalue weighted by molar-refractivity contribution is 6.09. The topological polar surface area (TPSA) is 8.17 Å². The zero-order chi connectivity index (χ0) is 41.2. The van der Waals surface area contributed by atoms with Crippen LogP contribution < -0.4 is 4.90 Å². The van der Waals surface area contributed by atoms with E-state index in [1.165, 1.54) is 66.3 Å². The van der Waals surface area contributed by atoms with Crippen LogP contribution in [0.1, 0.15) is 0 Å². The molecule has 0 bridgehead atoms. The first kappa shape index (κ1) is 36.8. The second kappa shape index (κ2) is 16.1. The summed E-state index contributed by atoms with van der Waals surface area (Å²) in [5.41, 5.74) is 18.6. The summed E-state index contributed by atoms with van der Waals surface area (Å²) in [7, 11) is 0. The zero-order valence-electron chi connectivity index (χ0n) is 34.1. The first-order valence-electron chi connectivity index (χ1n) is 21.3. The van der Waals surface area contributed by atoms with Crippen LogP contribution in [0.2, 0.25) is 0 Å². The van der Waals surface area contributed by atoms with Gasteiger partial charge in [-0.2, -0.15) is 0 Å². The standard InChI is InChI=1S/C60H42N2/c1-3-19-43(20-4-1)46-23-17-25-49(41-46)61(58-34-14-11-31-55(58)54-30-10-9-29-53(54)52-28-8-7-27-51(52)45-21-5-2-6-22-45)48-39-37-44(38-40-48)47-24-18-26-50(42-47)62-59-35-15-12-32-56(59)57-33-13-16-36-60(57)62/h1-42H. The molecule has 11 aromatic rings. The Labute approximate surface area is 362 Å². The molecule has 0 saturated carbocycles. The van der Waals surface area contributed by atoms with Crippen molar-refractivity contribution in [3.05, 3.63) is 255 Å². The van der Waals surface area contributed by atoms with E-state index in [1.807, 2.05) is 0 Å². The molecule has 0 saturated heterocycles. The SMILES string of the molecule is c1ccc(-c2cccc(N(c3ccc(-c4cccc(-n5c6ccccc6c6ccccc65)c4)cc3)c3ccccc3-c3ccccc3-c3ccccc3-c3ccccc3)c2)cc1. The number of para-hydroxylation sites is 3. The highest BCUT2D eigenvalue weighted by Gasteiger charge is 2.21.